The van der Waals surface area contributed by atoms with Crippen LogP contribution >= 0.6 is 0 Å². The molecule has 1 amide bonds. The van der Waals surface area contributed by atoms with E-state index in [1.807, 2.05) is 13.8 Å². The van der Waals surface area contributed by atoms with Gasteiger partial charge in [0.05, 0.1) is 32.0 Å². The summed E-state index contributed by atoms with van der Waals surface area (Å²) in [6, 6.07) is 6.84. The summed E-state index contributed by atoms with van der Waals surface area (Å²) in [6.07, 6.45) is 0. The molecule has 2 aromatic carbocycles. The largest absolute Gasteiger partial charge is 0.493 e. The van der Waals surface area contributed by atoms with Gasteiger partial charge in [-0.15, -0.1) is 0 Å². The number of carbonyl (C=O) groups excluding carboxylic acids is 1. The van der Waals surface area contributed by atoms with Crippen molar-refractivity contribution in [3.8, 4) is 11.5 Å². The zero-order valence-electron chi connectivity index (χ0n) is 15.8. The van der Waals surface area contributed by atoms with Crippen molar-refractivity contribution in [1.29, 1.82) is 0 Å². The van der Waals surface area contributed by atoms with Gasteiger partial charge >= 0.3 is 0 Å². The number of ether oxygens (including phenoxy) is 2. The summed E-state index contributed by atoms with van der Waals surface area (Å²) in [7, 11) is 3.02. The van der Waals surface area contributed by atoms with Gasteiger partial charge in [-0.05, 0) is 30.3 Å². The third-order valence-corrected chi connectivity index (χ3v) is 4.56. The Bertz CT molecular complexity index is 973. The van der Waals surface area contributed by atoms with Gasteiger partial charge in [-0.25, -0.2) is 18.2 Å². The molecule has 0 N–H and O–H groups in total. The topological polar surface area (TPSA) is 51.1 Å². The maximum atomic E-state index is 14.0. The van der Waals surface area contributed by atoms with E-state index in [1.165, 1.54) is 14.2 Å². The molecule has 1 aliphatic heterocycles. The molecule has 2 aromatic rings. The first-order valence-electron chi connectivity index (χ1n) is 8.46. The van der Waals surface area contributed by atoms with E-state index < -0.39 is 34.3 Å². The Morgan fingerprint density at radius 1 is 1.04 bits per heavy atom. The maximum absolute atomic E-state index is 14.0. The molecule has 1 heterocycles. The number of amides is 1. The highest BCUT2D eigenvalue weighted by atomic mass is 19.2. The molecule has 0 spiro atoms. The fourth-order valence-corrected chi connectivity index (χ4v) is 3.12. The fraction of sp³-hybridized carbons (Fsp3) is 0.300. The van der Waals surface area contributed by atoms with E-state index in [0.717, 1.165) is 11.1 Å². The van der Waals surface area contributed by atoms with Crippen molar-refractivity contribution in [1.82, 2.24) is 5.01 Å². The molecule has 0 aliphatic carbocycles. The second-order valence-corrected chi connectivity index (χ2v) is 6.99. The van der Waals surface area contributed by atoms with Crippen LogP contribution in [0.3, 0.4) is 0 Å². The Balaban J connectivity index is 2.00. The molecule has 3 rings (SSSR count). The van der Waals surface area contributed by atoms with Gasteiger partial charge in [-0.1, -0.05) is 13.8 Å². The van der Waals surface area contributed by atoms with Crippen LogP contribution in [0, 0.1) is 22.9 Å². The Hall–Kier alpha value is -3.03. The van der Waals surface area contributed by atoms with Gasteiger partial charge < -0.3 is 9.47 Å². The van der Waals surface area contributed by atoms with E-state index in [-0.39, 0.29) is 6.54 Å². The highest BCUT2D eigenvalue weighted by Gasteiger charge is 2.39. The summed E-state index contributed by atoms with van der Waals surface area (Å²) in [5.41, 5.74) is 0.130. The Labute approximate surface area is 160 Å². The van der Waals surface area contributed by atoms with Crippen LogP contribution in [0.1, 0.15) is 29.8 Å². The highest BCUT2D eigenvalue weighted by Crippen LogP contribution is 2.35. The minimum absolute atomic E-state index is 0.147. The number of nitrogens with zero attached hydrogens (tertiary/aromatic N) is 2. The average molecular weight is 392 g/mol. The fourth-order valence-electron chi connectivity index (χ4n) is 3.12. The summed E-state index contributed by atoms with van der Waals surface area (Å²) in [5.74, 6) is -4.38. The number of halogens is 3. The molecule has 0 unspecified atom stereocenters. The second kappa shape index (κ2) is 7.18. The summed E-state index contributed by atoms with van der Waals surface area (Å²) >= 11 is 0. The zero-order valence-corrected chi connectivity index (χ0v) is 15.8. The van der Waals surface area contributed by atoms with Crippen molar-refractivity contribution < 1.29 is 27.4 Å². The van der Waals surface area contributed by atoms with Gasteiger partial charge in [0, 0.05) is 11.0 Å². The summed E-state index contributed by atoms with van der Waals surface area (Å²) < 4.78 is 51.2. The predicted octanol–water partition coefficient (Wildman–Crippen LogP) is 4.01. The Morgan fingerprint density at radius 3 is 2.36 bits per heavy atom. The lowest BCUT2D eigenvalue weighted by molar-refractivity contribution is 0.0747. The van der Waals surface area contributed by atoms with Gasteiger partial charge in [0.2, 0.25) is 0 Å². The van der Waals surface area contributed by atoms with Crippen LogP contribution < -0.4 is 9.47 Å². The van der Waals surface area contributed by atoms with Gasteiger partial charge in [-0.2, -0.15) is 5.10 Å². The van der Waals surface area contributed by atoms with Crippen molar-refractivity contribution in [2.24, 2.45) is 10.5 Å². The molecule has 0 aromatic heterocycles. The number of benzene rings is 2. The first-order chi connectivity index (χ1) is 13.2. The van der Waals surface area contributed by atoms with Crippen LogP contribution in [0.4, 0.5) is 13.2 Å². The van der Waals surface area contributed by atoms with Crippen molar-refractivity contribution in [2.75, 3.05) is 20.8 Å². The molecule has 0 radical (unpaired) electrons. The third kappa shape index (κ3) is 3.30. The number of methoxy groups -OCH3 is 2. The monoisotopic (exact) mass is 392 g/mol. The molecule has 0 atom stereocenters. The summed E-state index contributed by atoms with van der Waals surface area (Å²) in [4.78, 5) is 12.7. The van der Waals surface area contributed by atoms with Crippen LogP contribution in [0.15, 0.2) is 35.4 Å². The number of hydrogen-bond donors (Lipinski definition) is 0. The van der Waals surface area contributed by atoms with Crippen LogP contribution in [0.2, 0.25) is 0 Å². The van der Waals surface area contributed by atoms with E-state index in [1.54, 1.807) is 18.2 Å². The van der Waals surface area contributed by atoms with Gasteiger partial charge in [0.1, 0.15) is 0 Å². The first-order valence-corrected chi connectivity index (χ1v) is 8.46. The number of rotatable bonds is 4. The summed E-state index contributed by atoms with van der Waals surface area (Å²) in [6.45, 7) is 3.89. The molecule has 5 nitrogen and oxygen atoms in total. The first kappa shape index (κ1) is 19.7. The molecule has 28 heavy (non-hydrogen) atoms. The Morgan fingerprint density at radius 2 is 1.71 bits per heavy atom. The molecule has 0 bridgehead atoms. The van der Waals surface area contributed by atoms with Gasteiger partial charge in [0.25, 0.3) is 5.91 Å². The number of hydrogen-bond acceptors (Lipinski definition) is 4. The van der Waals surface area contributed by atoms with Crippen molar-refractivity contribution in [3.63, 3.8) is 0 Å². The van der Waals surface area contributed by atoms with E-state index >= 15 is 0 Å². The molecular weight excluding hydrogens is 373 g/mol. The highest BCUT2D eigenvalue weighted by molar-refractivity contribution is 6.08. The maximum Gasteiger partial charge on any atom is 0.277 e. The van der Waals surface area contributed by atoms with Crippen LogP contribution in [-0.4, -0.2) is 37.4 Å². The van der Waals surface area contributed by atoms with Gasteiger partial charge in [0.15, 0.2) is 29.0 Å². The SMILES string of the molecule is COc1ccc(C2=NN(C(=O)c3ccc(F)c(F)c3F)CC2(C)C)cc1OC. The third-order valence-electron chi connectivity index (χ3n) is 4.56. The second-order valence-electron chi connectivity index (χ2n) is 6.99. The number of hydrazone groups is 1. The lowest BCUT2D eigenvalue weighted by Crippen LogP contribution is -2.32. The van der Waals surface area contributed by atoms with Crippen LogP contribution in [0.25, 0.3) is 0 Å². The number of carbonyl (C=O) groups is 1. The molecular formula is C20H19F3N2O3. The van der Waals surface area contributed by atoms with Crippen molar-refractivity contribution in [3.05, 3.63) is 58.9 Å². The van der Waals surface area contributed by atoms with E-state index in [9.17, 15) is 18.0 Å². The normalized spacial score (nSPS) is 15.4. The molecule has 1 aliphatic rings. The molecule has 8 heteroatoms. The van der Waals surface area contributed by atoms with Gasteiger partial charge in [-0.3, -0.25) is 4.79 Å². The Kier molecular flexibility index (Phi) is 5.06. The zero-order chi connectivity index (χ0) is 20.6. The van der Waals surface area contributed by atoms with E-state index in [2.05, 4.69) is 5.10 Å². The van der Waals surface area contributed by atoms with Crippen LogP contribution in [-0.2, 0) is 0 Å². The minimum Gasteiger partial charge on any atom is -0.493 e. The lowest BCUT2D eigenvalue weighted by Gasteiger charge is -2.21. The molecule has 0 saturated heterocycles. The van der Waals surface area contributed by atoms with E-state index in [0.29, 0.717) is 28.8 Å². The summed E-state index contributed by atoms with van der Waals surface area (Å²) in [5, 5.41) is 5.39. The average Bonchev–Trinajstić information content (AvgIpc) is 3.00. The quantitative estimate of drug-likeness (QED) is 0.739. The lowest BCUT2D eigenvalue weighted by atomic mass is 9.84. The van der Waals surface area contributed by atoms with Crippen molar-refractivity contribution >= 4 is 11.6 Å². The molecule has 0 saturated carbocycles. The molecule has 148 valence electrons. The van der Waals surface area contributed by atoms with E-state index in [4.69, 9.17) is 9.47 Å². The minimum atomic E-state index is -1.69. The smallest absolute Gasteiger partial charge is 0.277 e. The predicted molar refractivity (Wildman–Crippen MR) is 97.2 cm³/mol. The van der Waals surface area contributed by atoms with Crippen LogP contribution in [0.5, 0.6) is 11.5 Å². The standard InChI is InChI=1S/C20H19F3N2O3/c1-20(2)10-25(19(26)12-6-7-13(21)17(23)16(12)22)24-18(20)11-5-8-14(27-3)15(9-11)28-4/h5-9H,10H2,1-4H3. The molecule has 0 fully saturated rings. The van der Waals surface area contributed by atoms with Crippen molar-refractivity contribution in [2.45, 2.75) is 13.8 Å².